The first-order valence-electron chi connectivity index (χ1n) is 5.51. The van der Waals surface area contributed by atoms with E-state index in [4.69, 9.17) is 15.9 Å². The molecular formula is C11H21N3O. The third kappa shape index (κ3) is 4.97. The predicted molar refractivity (Wildman–Crippen MR) is 61.3 cm³/mol. The number of hydrogen-bond donors (Lipinski definition) is 2. The fourth-order valence-electron chi connectivity index (χ4n) is 1.52. The molecule has 1 aromatic heterocycles. The van der Waals surface area contributed by atoms with Crippen LogP contribution in [0.4, 0.5) is 0 Å². The molecule has 4 N–H and O–H groups in total. The summed E-state index contributed by atoms with van der Waals surface area (Å²) in [5.74, 6) is 1.00. The Hall–Kier alpha value is -0.840. The first kappa shape index (κ1) is 12.2. The van der Waals surface area contributed by atoms with Gasteiger partial charge >= 0.3 is 0 Å². The highest BCUT2D eigenvalue weighted by molar-refractivity contribution is 4.97. The second-order valence-corrected chi connectivity index (χ2v) is 3.64. The van der Waals surface area contributed by atoms with Crippen LogP contribution in [0.15, 0.2) is 22.8 Å². The van der Waals surface area contributed by atoms with Crippen molar-refractivity contribution in [2.24, 2.45) is 11.5 Å². The third-order valence-corrected chi connectivity index (χ3v) is 2.32. The van der Waals surface area contributed by atoms with Crippen molar-refractivity contribution in [3.8, 4) is 0 Å². The second-order valence-electron chi connectivity index (χ2n) is 3.64. The Morgan fingerprint density at radius 1 is 1.13 bits per heavy atom. The molecular weight excluding hydrogens is 190 g/mol. The van der Waals surface area contributed by atoms with E-state index in [1.807, 2.05) is 12.1 Å². The van der Waals surface area contributed by atoms with Crippen LogP contribution in [0.5, 0.6) is 0 Å². The summed E-state index contributed by atoms with van der Waals surface area (Å²) in [6.45, 7) is 4.34. The van der Waals surface area contributed by atoms with Crippen LogP contribution >= 0.6 is 0 Å². The normalized spacial score (nSPS) is 11.1. The Bertz CT molecular complexity index is 228. The van der Waals surface area contributed by atoms with Crippen molar-refractivity contribution in [1.29, 1.82) is 0 Å². The highest BCUT2D eigenvalue weighted by Crippen LogP contribution is 2.06. The largest absolute Gasteiger partial charge is 0.468 e. The maximum atomic E-state index is 5.50. The van der Waals surface area contributed by atoms with E-state index in [1.54, 1.807) is 6.26 Å². The number of nitrogens with zero attached hydrogens (tertiary/aromatic N) is 1. The Morgan fingerprint density at radius 2 is 1.80 bits per heavy atom. The molecule has 4 nitrogen and oxygen atoms in total. The molecule has 0 aliphatic heterocycles. The molecule has 1 heterocycles. The topological polar surface area (TPSA) is 68.4 Å². The summed E-state index contributed by atoms with van der Waals surface area (Å²) in [7, 11) is 0. The summed E-state index contributed by atoms with van der Waals surface area (Å²) in [6, 6.07) is 3.91. The van der Waals surface area contributed by atoms with Gasteiger partial charge in [0.1, 0.15) is 5.76 Å². The average Bonchev–Trinajstić information content (AvgIpc) is 2.74. The zero-order chi connectivity index (χ0) is 10.9. The van der Waals surface area contributed by atoms with Crippen LogP contribution < -0.4 is 11.5 Å². The third-order valence-electron chi connectivity index (χ3n) is 2.32. The van der Waals surface area contributed by atoms with E-state index in [0.29, 0.717) is 0 Å². The lowest BCUT2D eigenvalue weighted by Gasteiger charge is -2.20. The van der Waals surface area contributed by atoms with Crippen molar-refractivity contribution < 1.29 is 4.42 Å². The number of hydrogen-bond acceptors (Lipinski definition) is 4. The molecule has 15 heavy (non-hydrogen) atoms. The minimum atomic E-state index is 0.733. The van der Waals surface area contributed by atoms with Crippen molar-refractivity contribution in [2.75, 3.05) is 26.2 Å². The monoisotopic (exact) mass is 211 g/mol. The summed E-state index contributed by atoms with van der Waals surface area (Å²) in [6.07, 6.45) is 3.75. The molecule has 0 aliphatic carbocycles. The average molecular weight is 211 g/mol. The van der Waals surface area contributed by atoms with Crippen LogP contribution in [0.25, 0.3) is 0 Å². The first-order chi connectivity index (χ1) is 7.36. The van der Waals surface area contributed by atoms with Crippen LogP contribution in [0, 0.1) is 0 Å². The number of nitrogens with two attached hydrogens (primary N) is 2. The highest BCUT2D eigenvalue weighted by Gasteiger charge is 2.06. The van der Waals surface area contributed by atoms with Crippen LogP contribution in [-0.2, 0) is 6.54 Å². The van der Waals surface area contributed by atoms with Gasteiger partial charge in [0.25, 0.3) is 0 Å². The minimum absolute atomic E-state index is 0.733. The molecule has 0 bridgehead atoms. The molecule has 0 unspecified atom stereocenters. The molecule has 0 amide bonds. The highest BCUT2D eigenvalue weighted by atomic mass is 16.3. The van der Waals surface area contributed by atoms with E-state index in [1.165, 1.54) is 0 Å². The first-order valence-corrected chi connectivity index (χ1v) is 5.51. The molecule has 0 spiro atoms. The molecule has 0 fully saturated rings. The van der Waals surface area contributed by atoms with E-state index >= 15 is 0 Å². The van der Waals surface area contributed by atoms with Gasteiger partial charge in [-0.05, 0) is 51.2 Å². The van der Waals surface area contributed by atoms with Gasteiger partial charge in [0, 0.05) is 0 Å². The molecule has 0 radical (unpaired) electrons. The van der Waals surface area contributed by atoms with Crippen molar-refractivity contribution in [3.05, 3.63) is 24.2 Å². The lowest BCUT2D eigenvalue weighted by atomic mass is 10.3. The molecule has 0 saturated carbocycles. The van der Waals surface area contributed by atoms with Gasteiger partial charge in [-0.25, -0.2) is 0 Å². The van der Waals surface area contributed by atoms with E-state index in [-0.39, 0.29) is 0 Å². The van der Waals surface area contributed by atoms with Crippen molar-refractivity contribution in [2.45, 2.75) is 19.4 Å². The van der Waals surface area contributed by atoms with Gasteiger partial charge < -0.3 is 15.9 Å². The molecule has 1 aromatic rings. The summed E-state index contributed by atoms with van der Waals surface area (Å²) in [5.41, 5.74) is 11.0. The Kier molecular flexibility index (Phi) is 6.08. The van der Waals surface area contributed by atoms with Crippen molar-refractivity contribution >= 4 is 0 Å². The van der Waals surface area contributed by atoms with E-state index in [2.05, 4.69) is 4.90 Å². The smallest absolute Gasteiger partial charge is 0.117 e. The van der Waals surface area contributed by atoms with E-state index < -0.39 is 0 Å². The van der Waals surface area contributed by atoms with Crippen molar-refractivity contribution in [3.63, 3.8) is 0 Å². The number of furan rings is 1. The van der Waals surface area contributed by atoms with Crippen LogP contribution in [-0.4, -0.2) is 31.1 Å². The van der Waals surface area contributed by atoms with Gasteiger partial charge in [0.15, 0.2) is 0 Å². The fourth-order valence-corrected chi connectivity index (χ4v) is 1.52. The van der Waals surface area contributed by atoms with Gasteiger partial charge in [0.05, 0.1) is 12.8 Å². The number of rotatable bonds is 8. The van der Waals surface area contributed by atoms with Gasteiger partial charge in [-0.2, -0.15) is 0 Å². The van der Waals surface area contributed by atoms with Crippen LogP contribution in [0.1, 0.15) is 18.6 Å². The fraction of sp³-hybridized carbons (Fsp3) is 0.636. The summed E-state index contributed by atoms with van der Waals surface area (Å²) >= 11 is 0. The van der Waals surface area contributed by atoms with Crippen molar-refractivity contribution in [1.82, 2.24) is 4.90 Å². The standard InChI is InChI=1S/C11H21N3O/c12-5-2-7-14(8-3-6-13)10-11-4-1-9-15-11/h1,4,9H,2-3,5-8,10,12-13H2. The summed E-state index contributed by atoms with van der Waals surface area (Å²) in [4.78, 5) is 2.33. The molecule has 4 heteroatoms. The lowest BCUT2D eigenvalue weighted by molar-refractivity contribution is 0.241. The maximum Gasteiger partial charge on any atom is 0.117 e. The Morgan fingerprint density at radius 3 is 2.27 bits per heavy atom. The lowest BCUT2D eigenvalue weighted by Crippen LogP contribution is -2.28. The van der Waals surface area contributed by atoms with Gasteiger partial charge in [0.2, 0.25) is 0 Å². The molecule has 86 valence electrons. The van der Waals surface area contributed by atoms with Crippen LogP contribution in [0.3, 0.4) is 0 Å². The van der Waals surface area contributed by atoms with Gasteiger partial charge in [-0.15, -0.1) is 0 Å². The minimum Gasteiger partial charge on any atom is -0.468 e. The van der Waals surface area contributed by atoms with Crippen LogP contribution in [0.2, 0.25) is 0 Å². The second kappa shape index (κ2) is 7.45. The summed E-state index contributed by atoms with van der Waals surface area (Å²) < 4.78 is 5.32. The Balaban J connectivity index is 2.33. The Labute approximate surface area is 91.2 Å². The molecule has 0 saturated heterocycles. The van der Waals surface area contributed by atoms with Gasteiger partial charge in [-0.3, -0.25) is 4.90 Å². The SMILES string of the molecule is NCCCN(CCCN)Cc1ccco1. The maximum absolute atomic E-state index is 5.50. The zero-order valence-corrected chi connectivity index (χ0v) is 9.19. The summed E-state index contributed by atoms with van der Waals surface area (Å²) in [5, 5.41) is 0. The predicted octanol–water partition coefficient (Wildman–Crippen LogP) is 0.779. The van der Waals surface area contributed by atoms with E-state index in [9.17, 15) is 0 Å². The molecule has 0 atom stereocenters. The van der Waals surface area contributed by atoms with E-state index in [0.717, 1.165) is 51.3 Å². The molecule has 0 aliphatic rings. The van der Waals surface area contributed by atoms with Gasteiger partial charge in [-0.1, -0.05) is 0 Å². The zero-order valence-electron chi connectivity index (χ0n) is 9.19. The molecule has 1 rings (SSSR count). The quantitative estimate of drug-likeness (QED) is 0.666. The molecule has 0 aromatic carbocycles.